The summed E-state index contributed by atoms with van der Waals surface area (Å²) < 4.78 is 5.40. The number of methoxy groups -OCH3 is 1. The van der Waals surface area contributed by atoms with E-state index in [-0.39, 0.29) is 24.0 Å². The third kappa shape index (κ3) is 5.88. The van der Waals surface area contributed by atoms with E-state index in [0.717, 1.165) is 50.0 Å². The van der Waals surface area contributed by atoms with Gasteiger partial charge in [0, 0.05) is 38.9 Å². The number of benzene rings is 1. The molecule has 6 nitrogen and oxygen atoms in total. The number of nitrogens with zero attached hydrogens (tertiary/aromatic N) is 3. The molecule has 28 heavy (non-hydrogen) atoms. The highest BCUT2D eigenvalue weighted by Gasteiger charge is 2.25. The number of hydrogen-bond donors (Lipinski definition) is 2. The molecule has 1 aromatic heterocycles. The lowest BCUT2D eigenvalue weighted by molar-refractivity contribution is 0.409. The smallest absolute Gasteiger partial charge is 0.191 e. The van der Waals surface area contributed by atoms with Crippen molar-refractivity contribution < 1.29 is 4.74 Å². The average Bonchev–Trinajstić information content (AvgIpc) is 3.16. The molecule has 1 aliphatic heterocycles. The largest absolute Gasteiger partial charge is 0.496 e. The Balaban J connectivity index is 0.00000280. The SMILES string of the molecule is CN=C(NCCc1ccccc1OC)NC1CCN(c2ncccc2Cl)C1.I. The summed E-state index contributed by atoms with van der Waals surface area (Å²) in [5.74, 6) is 2.58. The van der Waals surface area contributed by atoms with Crippen LogP contribution in [0.1, 0.15) is 12.0 Å². The van der Waals surface area contributed by atoms with Crippen LogP contribution in [0.3, 0.4) is 0 Å². The number of nitrogens with one attached hydrogen (secondary N) is 2. The highest BCUT2D eigenvalue weighted by molar-refractivity contribution is 14.0. The lowest BCUT2D eigenvalue weighted by Gasteiger charge is -2.20. The van der Waals surface area contributed by atoms with Crippen molar-refractivity contribution in [1.82, 2.24) is 15.6 Å². The molecule has 1 aliphatic rings. The highest BCUT2D eigenvalue weighted by atomic mass is 127. The number of aromatic nitrogens is 1. The molecule has 8 heteroatoms. The summed E-state index contributed by atoms with van der Waals surface area (Å²) in [5.41, 5.74) is 1.18. The van der Waals surface area contributed by atoms with Gasteiger partial charge in [-0.1, -0.05) is 29.8 Å². The van der Waals surface area contributed by atoms with Crippen LogP contribution in [0.25, 0.3) is 0 Å². The molecule has 0 radical (unpaired) electrons. The first-order valence-corrected chi connectivity index (χ1v) is 9.53. The molecule has 0 aliphatic carbocycles. The van der Waals surface area contributed by atoms with E-state index in [1.807, 2.05) is 30.3 Å². The van der Waals surface area contributed by atoms with E-state index < -0.39 is 0 Å². The highest BCUT2D eigenvalue weighted by Crippen LogP contribution is 2.25. The molecule has 2 heterocycles. The Morgan fingerprint density at radius 2 is 2.14 bits per heavy atom. The summed E-state index contributed by atoms with van der Waals surface area (Å²) in [4.78, 5) is 11.0. The van der Waals surface area contributed by atoms with Crippen LogP contribution in [0.15, 0.2) is 47.6 Å². The molecule has 0 amide bonds. The van der Waals surface area contributed by atoms with E-state index in [4.69, 9.17) is 16.3 Å². The van der Waals surface area contributed by atoms with Gasteiger partial charge in [-0.15, -0.1) is 24.0 Å². The normalized spacial score (nSPS) is 16.5. The fourth-order valence-corrected chi connectivity index (χ4v) is 3.53. The van der Waals surface area contributed by atoms with Crippen molar-refractivity contribution in [1.29, 1.82) is 0 Å². The molecule has 1 unspecified atom stereocenters. The first-order valence-electron chi connectivity index (χ1n) is 9.16. The summed E-state index contributed by atoms with van der Waals surface area (Å²) in [6, 6.07) is 12.1. The Morgan fingerprint density at radius 1 is 1.32 bits per heavy atom. The van der Waals surface area contributed by atoms with Crippen LogP contribution in [0.2, 0.25) is 5.02 Å². The lowest BCUT2D eigenvalue weighted by atomic mass is 10.1. The van der Waals surface area contributed by atoms with Gasteiger partial charge in [-0.2, -0.15) is 0 Å². The van der Waals surface area contributed by atoms with Crippen LogP contribution in [0, 0.1) is 0 Å². The Morgan fingerprint density at radius 3 is 2.89 bits per heavy atom. The van der Waals surface area contributed by atoms with Gasteiger partial charge in [-0.05, 0) is 36.6 Å². The van der Waals surface area contributed by atoms with Crippen molar-refractivity contribution in [2.45, 2.75) is 18.9 Å². The Labute approximate surface area is 188 Å². The van der Waals surface area contributed by atoms with Crippen LogP contribution >= 0.6 is 35.6 Å². The van der Waals surface area contributed by atoms with Crippen molar-refractivity contribution >= 4 is 47.4 Å². The number of rotatable bonds is 6. The molecule has 1 fully saturated rings. The number of para-hydroxylation sites is 1. The van der Waals surface area contributed by atoms with Gasteiger partial charge >= 0.3 is 0 Å². The first-order chi connectivity index (χ1) is 13.2. The third-order valence-electron chi connectivity index (χ3n) is 4.67. The van der Waals surface area contributed by atoms with Crippen molar-refractivity contribution in [3.8, 4) is 5.75 Å². The second kappa shape index (κ2) is 11.3. The monoisotopic (exact) mass is 515 g/mol. The van der Waals surface area contributed by atoms with Gasteiger partial charge in [-0.25, -0.2) is 4.98 Å². The maximum atomic E-state index is 6.27. The lowest BCUT2D eigenvalue weighted by Crippen LogP contribution is -2.45. The molecule has 2 N–H and O–H groups in total. The third-order valence-corrected chi connectivity index (χ3v) is 4.97. The Bertz CT molecular complexity index is 789. The van der Waals surface area contributed by atoms with E-state index in [2.05, 4.69) is 31.6 Å². The number of pyridine rings is 1. The number of aliphatic imine (C=N–C) groups is 1. The number of hydrogen-bond acceptors (Lipinski definition) is 4. The predicted molar refractivity (Wildman–Crippen MR) is 126 cm³/mol. The van der Waals surface area contributed by atoms with Crippen LogP contribution in [-0.4, -0.2) is 50.8 Å². The summed E-state index contributed by atoms with van der Waals surface area (Å²) >= 11 is 6.27. The van der Waals surface area contributed by atoms with Gasteiger partial charge in [0.05, 0.1) is 12.1 Å². The van der Waals surface area contributed by atoms with E-state index in [0.29, 0.717) is 11.1 Å². The fourth-order valence-electron chi connectivity index (χ4n) is 3.29. The molecule has 3 rings (SSSR count). The molecule has 0 spiro atoms. The Hall–Kier alpha value is -1.74. The van der Waals surface area contributed by atoms with Crippen LogP contribution in [-0.2, 0) is 6.42 Å². The predicted octanol–water partition coefficient (Wildman–Crippen LogP) is 3.35. The summed E-state index contributed by atoms with van der Waals surface area (Å²) in [7, 11) is 3.49. The maximum absolute atomic E-state index is 6.27. The topological polar surface area (TPSA) is 61.8 Å². The number of halogens is 2. The zero-order valence-corrected chi connectivity index (χ0v) is 19.3. The van der Waals surface area contributed by atoms with E-state index in [1.54, 1.807) is 20.4 Å². The van der Waals surface area contributed by atoms with Gasteiger partial charge < -0.3 is 20.3 Å². The molecule has 0 saturated carbocycles. The van der Waals surface area contributed by atoms with Gasteiger partial charge in [0.1, 0.15) is 11.6 Å². The minimum atomic E-state index is 0. The zero-order chi connectivity index (χ0) is 19.1. The molecular formula is C20H27ClIN5O. The number of ether oxygens (including phenoxy) is 1. The molecule has 152 valence electrons. The van der Waals surface area contributed by atoms with Crippen LogP contribution in [0.5, 0.6) is 5.75 Å². The molecular weight excluding hydrogens is 489 g/mol. The first kappa shape index (κ1) is 22.5. The molecule has 1 aromatic carbocycles. The number of guanidine groups is 1. The quantitative estimate of drug-likeness (QED) is 0.351. The zero-order valence-electron chi connectivity index (χ0n) is 16.2. The van der Waals surface area contributed by atoms with Gasteiger partial charge in [0.2, 0.25) is 0 Å². The van der Waals surface area contributed by atoms with Gasteiger partial charge in [0.15, 0.2) is 5.96 Å². The fraction of sp³-hybridized carbons (Fsp3) is 0.400. The standard InChI is InChI=1S/C20H26ClN5O.HI/c1-22-20(24-12-9-15-6-3-4-8-18(15)27-2)25-16-10-13-26(14-16)19-17(21)7-5-11-23-19;/h3-8,11,16H,9-10,12-14H2,1-2H3,(H2,22,24,25);1H. The molecule has 0 bridgehead atoms. The van der Waals surface area contributed by atoms with Crippen molar-refractivity contribution in [2.24, 2.45) is 4.99 Å². The van der Waals surface area contributed by atoms with Gasteiger partial charge in [0.25, 0.3) is 0 Å². The summed E-state index contributed by atoms with van der Waals surface area (Å²) in [6.45, 7) is 2.55. The van der Waals surface area contributed by atoms with Crippen LogP contribution in [0.4, 0.5) is 5.82 Å². The van der Waals surface area contributed by atoms with Gasteiger partial charge in [-0.3, -0.25) is 4.99 Å². The van der Waals surface area contributed by atoms with Crippen LogP contribution < -0.4 is 20.3 Å². The summed E-state index contributed by atoms with van der Waals surface area (Å²) in [5, 5.41) is 7.57. The molecule has 1 atom stereocenters. The van der Waals surface area contributed by atoms with E-state index >= 15 is 0 Å². The average molecular weight is 516 g/mol. The second-order valence-electron chi connectivity index (χ2n) is 6.45. The molecule has 1 saturated heterocycles. The minimum absolute atomic E-state index is 0. The minimum Gasteiger partial charge on any atom is -0.496 e. The van der Waals surface area contributed by atoms with Crippen molar-refractivity contribution in [3.05, 3.63) is 53.2 Å². The number of anilines is 1. The van der Waals surface area contributed by atoms with Crippen molar-refractivity contribution in [3.63, 3.8) is 0 Å². The van der Waals surface area contributed by atoms with E-state index in [9.17, 15) is 0 Å². The molecule has 2 aromatic rings. The Kier molecular flexibility index (Phi) is 9.11. The van der Waals surface area contributed by atoms with Crippen molar-refractivity contribution in [2.75, 3.05) is 38.7 Å². The van der Waals surface area contributed by atoms with E-state index in [1.165, 1.54) is 5.56 Å². The maximum Gasteiger partial charge on any atom is 0.191 e. The summed E-state index contributed by atoms with van der Waals surface area (Å²) in [6.07, 6.45) is 3.66. The second-order valence-corrected chi connectivity index (χ2v) is 6.85.